The van der Waals surface area contributed by atoms with E-state index in [1.807, 2.05) is 0 Å². The van der Waals surface area contributed by atoms with Crippen molar-refractivity contribution >= 4 is 0 Å². The van der Waals surface area contributed by atoms with Crippen molar-refractivity contribution in [2.45, 2.75) is 199 Å². The van der Waals surface area contributed by atoms with Crippen molar-refractivity contribution in [1.82, 2.24) is 0 Å². The first kappa shape index (κ1) is 42.9. The second kappa shape index (κ2) is 28.8. The molecular formula is C43H80NO2+. The normalized spacial score (nSPS) is 20.9. The first-order valence-corrected chi connectivity index (χ1v) is 20.1. The molecule has 3 heteroatoms. The number of ether oxygens (including phenoxy) is 2. The fourth-order valence-electron chi connectivity index (χ4n) is 6.28. The van der Waals surface area contributed by atoms with Gasteiger partial charge in [0, 0.05) is 0 Å². The lowest BCUT2D eigenvalue weighted by Gasteiger charge is -2.30. The van der Waals surface area contributed by atoms with Gasteiger partial charge in [-0.15, -0.1) is 0 Å². The van der Waals surface area contributed by atoms with Crippen LogP contribution in [0.5, 0.6) is 0 Å². The Morgan fingerprint density at radius 2 is 0.826 bits per heavy atom. The molecule has 0 aromatic heterocycles. The number of allylic oxidation sites excluding steroid dienone is 8. The van der Waals surface area contributed by atoms with Crippen LogP contribution in [0.1, 0.15) is 181 Å². The van der Waals surface area contributed by atoms with Gasteiger partial charge in [-0.1, -0.05) is 140 Å². The summed E-state index contributed by atoms with van der Waals surface area (Å²) in [5.74, 6) is -0.422. The number of unbranched alkanes of at least 4 members (excludes halogenated alkanes) is 16. The third kappa shape index (κ3) is 25.9. The molecule has 0 radical (unpaired) electrons. The molecule has 3 nitrogen and oxygen atoms in total. The smallest absolute Gasteiger partial charge is 0.171 e. The fourth-order valence-corrected chi connectivity index (χ4v) is 6.28. The van der Waals surface area contributed by atoms with E-state index in [1.54, 1.807) is 0 Å². The number of quaternary nitrogens is 1. The van der Waals surface area contributed by atoms with Crippen LogP contribution in [-0.2, 0) is 9.47 Å². The van der Waals surface area contributed by atoms with Crippen LogP contribution in [0, 0.1) is 0 Å². The van der Waals surface area contributed by atoms with Crippen molar-refractivity contribution in [2.24, 2.45) is 0 Å². The lowest BCUT2D eigenvalue weighted by atomic mass is 9.99. The average Bonchev–Trinajstić information content (AvgIpc) is 3.35. The zero-order chi connectivity index (χ0) is 33.6. The van der Waals surface area contributed by atoms with Crippen molar-refractivity contribution in [2.75, 3.05) is 27.7 Å². The van der Waals surface area contributed by atoms with Crippen molar-refractivity contribution in [3.8, 4) is 0 Å². The highest BCUT2D eigenvalue weighted by atomic mass is 16.8. The van der Waals surface area contributed by atoms with Crippen LogP contribution in [-0.4, -0.2) is 50.2 Å². The molecule has 1 fully saturated rings. The minimum atomic E-state index is -0.422. The highest BCUT2D eigenvalue weighted by Gasteiger charge is 2.44. The summed E-state index contributed by atoms with van der Waals surface area (Å²) in [5.41, 5.74) is 0. The molecule has 0 saturated carbocycles. The van der Waals surface area contributed by atoms with E-state index in [4.69, 9.17) is 9.47 Å². The third-order valence-corrected chi connectivity index (χ3v) is 9.33. The quantitative estimate of drug-likeness (QED) is 0.0425. The summed E-state index contributed by atoms with van der Waals surface area (Å²) in [7, 11) is 6.79. The fraction of sp³-hybridized carbons (Fsp3) is 0.814. The molecule has 46 heavy (non-hydrogen) atoms. The van der Waals surface area contributed by atoms with Crippen molar-refractivity contribution in [1.29, 1.82) is 0 Å². The second-order valence-corrected chi connectivity index (χ2v) is 15.2. The number of hydrogen-bond donors (Lipinski definition) is 0. The van der Waals surface area contributed by atoms with Crippen LogP contribution in [0.3, 0.4) is 0 Å². The van der Waals surface area contributed by atoms with Crippen LogP contribution in [0.2, 0.25) is 0 Å². The Hall–Kier alpha value is -1.16. The van der Waals surface area contributed by atoms with Gasteiger partial charge < -0.3 is 14.0 Å². The summed E-state index contributed by atoms with van der Waals surface area (Å²) < 4.78 is 14.3. The van der Waals surface area contributed by atoms with E-state index in [0.29, 0.717) is 0 Å². The molecule has 0 spiro atoms. The molecule has 1 saturated heterocycles. The number of rotatable bonds is 31. The van der Waals surface area contributed by atoms with E-state index in [2.05, 4.69) is 90.5 Å². The Morgan fingerprint density at radius 1 is 0.478 bits per heavy atom. The summed E-state index contributed by atoms with van der Waals surface area (Å²) in [6.07, 6.45) is 50.9. The Bertz CT molecular complexity index is 735. The lowest BCUT2D eigenvalue weighted by Crippen LogP contribution is -2.40. The van der Waals surface area contributed by atoms with E-state index in [-0.39, 0.29) is 12.2 Å². The third-order valence-electron chi connectivity index (χ3n) is 9.33. The van der Waals surface area contributed by atoms with Crippen LogP contribution in [0.15, 0.2) is 48.6 Å². The highest BCUT2D eigenvalue weighted by Crippen LogP contribution is 2.36. The predicted octanol–water partition coefficient (Wildman–Crippen LogP) is 13.2. The predicted molar refractivity (Wildman–Crippen MR) is 204 cm³/mol. The molecule has 0 N–H and O–H groups in total. The number of hydrogen-bond acceptors (Lipinski definition) is 2. The van der Waals surface area contributed by atoms with Crippen molar-refractivity contribution < 1.29 is 14.0 Å². The Labute approximate surface area is 288 Å². The summed E-state index contributed by atoms with van der Waals surface area (Å²) in [5, 5.41) is 0. The molecule has 1 aliphatic heterocycles. The molecule has 2 atom stereocenters. The lowest BCUT2D eigenvalue weighted by molar-refractivity contribution is -0.871. The van der Waals surface area contributed by atoms with Gasteiger partial charge in [0.15, 0.2) is 5.79 Å². The molecule has 0 aliphatic carbocycles. The SMILES string of the molecule is CCCCCC=CCC=CCCCCCCCC1OC(C)(CC[N+](C)(C)C)OC1CCCCCCCC=CCC=CCCCCC. The van der Waals surface area contributed by atoms with E-state index in [1.165, 1.54) is 128 Å². The Kier molecular flexibility index (Phi) is 26.9. The molecule has 1 heterocycles. The minimum Gasteiger partial charge on any atom is -0.344 e. The molecular weight excluding hydrogens is 562 g/mol. The van der Waals surface area contributed by atoms with Gasteiger partial charge in [-0.2, -0.15) is 0 Å². The summed E-state index contributed by atoms with van der Waals surface area (Å²) in [4.78, 5) is 0. The number of nitrogens with zero attached hydrogens (tertiary/aromatic N) is 1. The molecule has 0 aromatic rings. The van der Waals surface area contributed by atoms with E-state index in [0.717, 1.165) is 43.1 Å². The summed E-state index contributed by atoms with van der Waals surface area (Å²) >= 11 is 0. The molecule has 1 aliphatic rings. The van der Waals surface area contributed by atoms with Crippen LogP contribution in [0.4, 0.5) is 0 Å². The molecule has 0 amide bonds. The average molecular weight is 643 g/mol. The Morgan fingerprint density at radius 3 is 1.20 bits per heavy atom. The van der Waals surface area contributed by atoms with E-state index >= 15 is 0 Å². The standard InChI is InChI=1S/C43H80NO2/c1-7-9-11-13-15-17-19-21-23-25-27-29-31-33-35-37-41-42(46-43(3,45-41)39-40-44(4,5)6)38-36-34-32-30-28-26-24-22-20-18-16-14-12-10-8-2/h15-18,21-24,41-42H,7-14,19-20,25-40H2,1-6H3/q+1. The maximum absolute atomic E-state index is 6.69. The Balaban J connectivity index is 2.24. The molecule has 2 unspecified atom stereocenters. The van der Waals surface area contributed by atoms with Gasteiger partial charge in [0.1, 0.15) is 0 Å². The van der Waals surface area contributed by atoms with Gasteiger partial charge in [0.25, 0.3) is 0 Å². The largest absolute Gasteiger partial charge is 0.344 e. The molecule has 1 rings (SSSR count). The zero-order valence-corrected chi connectivity index (χ0v) is 31.9. The van der Waals surface area contributed by atoms with E-state index in [9.17, 15) is 0 Å². The van der Waals surface area contributed by atoms with Crippen molar-refractivity contribution in [3.63, 3.8) is 0 Å². The second-order valence-electron chi connectivity index (χ2n) is 15.2. The summed E-state index contributed by atoms with van der Waals surface area (Å²) in [6.45, 7) is 7.81. The maximum Gasteiger partial charge on any atom is 0.171 e. The van der Waals surface area contributed by atoms with Gasteiger partial charge in [-0.05, 0) is 84.0 Å². The van der Waals surface area contributed by atoms with E-state index < -0.39 is 5.79 Å². The molecule has 0 aromatic carbocycles. The van der Waals surface area contributed by atoms with Gasteiger partial charge in [-0.25, -0.2) is 0 Å². The first-order chi connectivity index (χ1) is 22.3. The monoisotopic (exact) mass is 643 g/mol. The van der Waals surface area contributed by atoms with Gasteiger partial charge in [0.05, 0.1) is 46.3 Å². The topological polar surface area (TPSA) is 18.5 Å². The maximum atomic E-state index is 6.69. The molecule has 268 valence electrons. The van der Waals surface area contributed by atoms with Gasteiger partial charge in [0.2, 0.25) is 0 Å². The van der Waals surface area contributed by atoms with Gasteiger partial charge in [-0.3, -0.25) is 0 Å². The van der Waals surface area contributed by atoms with Crippen molar-refractivity contribution in [3.05, 3.63) is 48.6 Å². The zero-order valence-electron chi connectivity index (χ0n) is 31.9. The van der Waals surface area contributed by atoms with Crippen LogP contribution < -0.4 is 0 Å². The van der Waals surface area contributed by atoms with Crippen LogP contribution >= 0.6 is 0 Å². The highest BCUT2D eigenvalue weighted by molar-refractivity contribution is 4.93. The molecule has 0 bridgehead atoms. The first-order valence-electron chi connectivity index (χ1n) is 20.1. The minimum absolute atomic E-state index is 0.265. The van der Waals surface area contributed by atoms with Crippen LogP contribution in [0.25, 0.3) is 0 Å². The summed E-state index contributed by atoms with van der Waals surface area (Å²) in [6, 6.07) is 0. The van der Waals surface area contributed by atoms with Gasteiger partial charge >= 0.3 is 0 Å².